The molecule has 1 fully saturated rings. The van der Waals surface area contributed by atoms with E-state index in [9.17, 15) is 5.11 Å². The van der Waals surface area contributed by atoms with E-state index >= 15 is 0 Å². The van der Waals surface area contributed by atoms with Crippen molar-refractivity contribution in [2.45, 2.75) is 39.2 Å². The largest absolute Gasteiger partial charge is 0.393 e. The van der Waals surface area contributed by atoms with Crippen molar-refractivity contribution in [3.8, 4) is 0 Å². The van der Waals surface area contributed by atoms with Crippen LogP contribution in [0, 0.1) is 5.92 Å². The Morgan fingerprint density at radius 2 is 2.17 bits per heavy atom. The lowest BCUT2D eigenvalue weighted by atomic mass is 9.92. The van der Waals surface area contributed by atoms with Crippen molar-refractivity contribution >= 4 is 0 Å². The van der Waals surface area contributed by atoms with Gasteiger partial charge in [0, 0.05) is 13.1 Å². The molecular weight excluding hydrogens is 150 g/mol. The molecule has 1 heterocycles. The van der Waals surface area contributed by atoms with Gasteiger partial charge >= 0.3 is 0 Å². The molecule has 0 aliphatic carbocycles. The van der Waals surface area contributed by atoms with Gasteiger partial charge in [0.05, 0.1) is 6.10 Å². The zero-order valence-electron chi connectivity index (χ0n) is 8.29. The third kappa shape index (κ3) is 2.46. The summed E-state index contributed by atoms with van der Waals surface area (Å²) in [6, 6.07) is 0. The summed E-state index contributed by atoms with van der Waals surface area (Å²) in [6.07, 6.45) is 3.27. The number of aliphatic hydroxyl groups excluding tert-OH is 1. The summed E-state index contributed by atoms with van der Waals surface area (Å²) < 4.78 is 0. The standard InChI is InChI=1S/C10H21NO/c1-3-6-11-7-5-10(12)9(4-2)8-11/h9-10,12H,3-8H2,1-2H3/t9-,10-/m0/s1. The lowest BCUT2D eigenvalue weighted by molar-refractivity contribution is 0.0253. The summed E-state index contributed by atoms with van der Waals surface area (Å²) in [4.78, 5) is 2.47. The van der Waals surface area contributed by atoms with Crippen LogP contribution in [0.2, 0.25) is 0 Å². The van der Waals surface area contributed by atoms with E-state index in [1.165, 1.54) is 13.0 Å². The monoisotopic (exact) mass is 171 g/mol. The summed E-state index contributed by atoms with van der Waals surface area (Å²) in [5, 5.41) is 9.63. The summed E-state index contributed by atoms with van der Waals surface area (Å²) in [6.45, 7) is 7.77. The highest BCUT2D eigenvalue weighted by atomic mass is 16.3. The second-order valence-corrected chi connectivity index (χ2v) is 3.82. The average Bonchev–Trinajstić information content (AvgIpc) is 2.09. The molecule has 0 saturated carbocycles. The fourth-order valence-electron chi connectivity index (χ4n) is 2.02. The fraction of sp³-hybridized carbons (Fsp3) is 1.00. The van der Waals surface area contributed by atoms with Crippen molar-refractivity contribution in [1.29, 1.82) is 0 Å². The lowest BCUT2D eigenvalue weighted by Gasteiger charge is -2.35. The SMILES string of the molecule is CCCN1CC[C@H](O)[C@@H](CC)C1. The Morgan fingerprint density at radius 1 is 1.42 bits per heavy atom. The van der Waals surface area contributed by atoms with E-state index in [1.54, 1.807) is 0 Å². The molecule has 0 aromatic carbocycles. The summed E-state index contributed by atoms with van der Waals surface area (Å²) >= 11 is 0. The van der Waals surface area contributed by atoms with Crippen molar-refractivity contribution in [2.24, 2.45) is 5.92 Å². The van der Waals surface area contributed by atoms with Gasteiger partial charge < -0.3 is 10.0 Å². The predicted molar refractivity (Wildman–Crippen MR) is 51.1 cm³/mol. The Kier molecular flexibility index (Phi) is 4.02. The van der Waals surface area contributed by atoms with Crippen LogP contribution in [-0.4, -0.2) is 35.7 Å². The molecule has 2 atom stereocenters. The number of nitrogens with zero attached hydrogens (tertiary/aromatic N) is 1. The Hall–Kier alpha value is -0.0800. The van der Waals surface area contributed by atoms with E-state index in [-0.39, 0.29) is 6.10 Å². The summed E-state index contributed by atoms with van der Waals surface area (Å²) in [5.41, 5.74) is 0. The van der Waals surface area contributed by atoms with Gasteiger partial charge in [0.2, 0.25) is 0 Å². The lowest BCUT2D eigenvalue weighted by Crippen LogP contribution is -2.43. The molecule has 2 heteroatoms. The summed E-state index contributed by atoms with van der Waals surface area (Å²) in [5.74, 6) is 0.519. The van der Waals surface area contributed by atoms with Gasteiger partial charge in [-0.1, -0.05) is 13.8 Å². The van der Waals surface area contributed by atoms with Gasteiger partial charge in [0.1, 0.15) is 0 Å². The molecule has 2 nitrogen and oxygen atoms in total. The van der Waals surface area contributed by atoms with Crippen molar-refractivity contribution in [2.75, 3.05) is 19.6 Å². The van der Waals surface area contributed by atoms with Crippen LogP contribution in [0.3, 0.4) is 0 Å². The minimum atomic E-state index is -0.0388. The number of likely N-dealkylation sites (tertiary alicyclic amines) is 1. The topological polar surface area (TPSA) is 23.5 Å². The second-order valence-electron chi connectivity index (χ2n) is 3.82. The van der Waals surface area contributed by atoms with Crippen LogP contribution in [-0.2, 0) is 0 Å². The number of hydrogen-bond acceptors (Lipinski definition) is 2. The Balaban J connectivity index is 2.33. The highest BCUT2D eigenvalue weighted by Crippen LogP contribution is 2.19. The normalized spacial score (nSPS) is 32.2. The zero-order valence-corrected chi connectivity index (χ0v) is 8.29. The molecule has 0 bridgehead atoms. The van der Waals surface area contributed by atoms with Crippen LogP contribution in [0.5, 0.6) is 0 Å². The van der Waals surface area contributed by atoms with Crippen LogP contribution in [0.4, 0.5) is 0 Å². The zero-order chi connectivity index (χ0) is 8.97. The van der Waals surface area contributed by atoms with Gasteiger partial charge in [-0.3, -0.25) is 0 Å². The first-order valence-electron chi connectivity index (χ1n) is 5.18. The molecule has 1 rings (SSSR count). The van der Waals surface area contributed by atoms with Gasteiger partial charge in [-0.15, -0.1) is 0 Å². The second kappa shape index (κ2) is 4.83. The molecule has 0 amide bonds. The van der Waals surface area contributed by atoms with Crippen LogP contribution >= 0.6 is 0 Å². The molecule has 0 unspecified atom stereocenters. The first kappa shape index (κ1) is 10.0. The van der Waals surface area contributed by atoms with Crippen molar-refractivity contribution < 1.29 is 5.11 Å². The van der Waals surface area contributed by atoms with Gasteiger partial charge in [-0.05, 0) is 31.7 Å². The average molecular weight is 171 g/mol. The van der Waals surface area contributed by atoms with E-state index in [0.717, 1.165) is 25.9 Å². The first-order valence-corrected chi connectivity index (χ1v) is 5.18. The van der Waals surface area contributed by atoms with E-state index in [1.807, 2.05) is 0 Å². The minimum absolute atomic E-state index is 0.0388. The van der Waals surface area contributed by atoms with Crippen molar-refractivity contribution in [3.05, 3.63) is 0 Å². The minimum Gasteiger partial charge on any atom is -0.393 e. The maximum atomic E-state index is 9.63. The van der Waals surface area contributed by atoms with E-state index in [0.29, 0.717) is 5.92 Å². The van der Waals surface area contributed by atoms with Crippen LogP contribution in [0.15, 0.2) is 0 Å². The Morgan fingerprint density at radius 3 is 2.75 bits per heavy atom. The van der Waals surface area contributed by atoms with Crippen LogP contribution in [0.25, 0.3) is 0 Å². The molecule has 1 saturated heterocycles. The molecule has 1 aliphatic rings. The van der Waals surface area contributed by atoms with Crippen LogP contribution in [0.1, 0.15) is 33.1 Å². The maximum Gasteiger partial charge on any atom is 0.0592 e. The first-order chi connectivity index (χ1) is 5.77. The van der Waals surface area contributed by atoms with E-state index in [4.69, 9.17) is 0 Å². The quantitative estimate of drug-likeness (QED) is 0.695. The van der Waals surface area contributed by atoms with Gasteiger partial charge in [0.25, 0.3) is 0 Å². The predicted octanol–water partition coefficient (Wildman–Crippen LogP) is 1.49. The molecule has 0 radical (unpaired) electrons. The molecule has 1 aliphatic heterocycles. The third-order valence-electron chi connectivity index (χ3n) is 2.84. The highest BCUT2D eigenvalue weighted by Gasteiger charge is 2.25. The van der Waals surface area contributed by atoms with E-state index in [2.05, 4.69) is 18.7 Å². The summed E-state index contributed by atoms with van der Waals surface area (Å²) in [7, 11) is 0. The molecular formula is C10H21NO. The fourth-order valence-corrected chi connectivity index (χ4v) is 2.02. The van der Waals surface area contributed by atoms with Crippen LogP contribution < -0.4 is 0 Å². The maximum absolute atomic E-state index is 9.63. The van der Waals surface area contributed by atoms with Gasteiger partial charge in [0.15, 0.2) is 0 Å². The number of hydrogen-bond donors (Lipinski definition) is 1. The van der Waals surface area contributed by atoms with Crippen molar-refractivity contribution in [3.63, 3.8) is 0 Å². The highest BCUT2D eigenvalue weighted by molar-refractivity contribution is 4.78. The molecule has 0 aromatic heterocycles. The molecule has 0 aromatic rings. The molecule has 1 N–H and O–H groups in total. The third-order valence-corrected chi connectivity index (χ3v) is 2.84. The smallest absolute Gasteiger partial charge is 0.0592 e. The van der Waals surface area contributed by atoms with E-state index < -0.39 is 0 Å². The number of aliphatic hydroxyl groups is 1. The number of rotatable bonds is 3. The molecule has 12 heavy (non-hydrogen) atoms. The van der Waals surface area contributed by atoms with Crippen molar-refractivity contribution in [1.82, 2.24) is 4.90 Å². The Bertz CT molecular complexity index is 127. The molecule has 0 spiro atoms. The molecule has 72 valence electrons. The van der Waals surface area contributed by atoms with Gasteiger partial charge in [-0.2, -0.15) is 0 Å². The number of piperidine rings is 1. The van der Waals surface area contributed by atoms with Gasteiger partial charge in [-0.25, -0.2) is 0 Å². The Labute approximate surface area is 75.6 Å².